The molecule has 1 fully saturated rings. The lowest BCUT2D eigenvalue weighted by atomic mass is 9.99. The molecule has 2 aliphatic rings. The van der Waals surface area contributed by atoms with E-state index in [1.54, 1.807) is 0 Å². The monoisotopic (exact) mass is 302 g/mol. The Morgan fingerprint density at radius 1 is 1.45 bits per heavy atom. The molecular formula is C18H26N2O2. The van der Waals surface area contributed by atoms with E-state index in [4.69, 9.17) is 4.74 Å². The van der Waals surface area contributed by atoms with Crippen LogP contribution < -0.4 is 4.90 Å². The molecule has 1 aromatic rings. The van der Waals surface area contributed by atoms with Crippen LogP contribution in [0.25, 0.3) is 0 Å². The summed E-state index contributed by atoms with van der Waals surface area (Å²) < 4.78 is 5.41. The van der Waals surface area contributed by atoms with Crippen LogP contribution in [0.5, 0.6) is 0 Å². The van der Waals surface area contributed by atoms with E-state index in [0.29, 0.717) is 12.5 Å². The van der Waals surface area contributed by atoms with Crippen LogP contribution in [0.4, 0.5) is 5.69 Å². The molecule has 0 aliphatic carbocycles. The summed E-state index contributed by atoms with van der Waals surface area (Å²) in [5, 5.41) is 0. The molecular weight excluding hydrogens is 276 g/mol. The maximum Gasteiger partial charge on any atom is 0.241 e. The number of fused-ring (bicyclic) bond motifs is 1. The summed E-state index contributed by atoms with van der Waals surface area (Å²) >= 11 is 0. The van der Waals surface area contributed by atoms with Crippen molar-refractivity contribution in [1.82, 2.24) is 4.90 Å². The topological polar surface area (TPSA) is 32.8 Å². The summed E-state index contributed by atoms with van der Waals surface area (Å²) in [4.78, 5) is 16.8. The molecule has 22 heavy (non-hydrogen) atoms. The van der Waals surface area contributed by atoms with E-state index in [1.807, 2.05) is 11.9 Å². The van der Waals surface area contributed by atoms with Crippen LogP contribution in [0.1, 0.15) is 24.0 Å². The number of aryl methyl sites for hydroxylation is 2. The van der Waals surface area contributed by atoms with Gasteiger partial charge in [-0.1, -0.05) is 17.7 Å². The third-order valence-corrected chi connectivity index (χ3v) is 4.65. The molecule has 0 aromatic heterocycles. The lowest BCUT2D eigenvalue weighted by Gasteiger charge is -2.31. The van der Waals surface area contributed by atoms with Crippen LogP contribution in [0, 0.1) is 12.8 Å². The molecule has 0 N–H and O–H groups in total. The van der Waals surface area contributed by atoms with Gasteiger partial charge in [0.1, 0.15) is 0 Å². The Balaban J connectivity index is 1.63. The van der Waals surface area contributed by atoms with Crippen molar-refractivity contribution in [1.29, 1.82) is 0 Å². The summed E-state index contributed by atoms with van der Waals surface area (Å²) in [7, 11) is 2.04. The van der Waals surface area contributed by atoms with E-state index < -0.39 is 0 Å². The van der Waals surface area contributed by atoms with Crippen molar-refractivity contribution in [2.75, 3.05) is 44.8 Å². The number of amides is 1. The number of carbonyl (C=O) groups is 1. The zero-order valence-electron chi connectivity index (χ0n) is 13.7. The average molecular weight is 302 g/mol. The lowest BCUT2D eigenvalue weighted by molar-refractivity contribution is -0.119. The van der Waals surface area contributed by atoms with Crippen LogP contribution in [0.2, 0.25) is 0 Å². The maximum absolute atomic E-state index is 12.7. The van der Waals surface area contributed by atoms with Crippen molar-refractivity contribution >= 4 is 11.6 Å². The molecule has 120 valence electrons. The summed E-state index contributed by atoms with van der Waals surface area (Å²) in [5.41, 5.74) is 3.69. The largest absolute Gasteiger partial charge is 0.381 e. The molecule has 1 unspecified atom stereocenters. The van der Waals surface area contributed by atoms with E-state index in [1.165, 1.54) is 11.1 Å². The summed E-state index contributed by atoms with van der Waals surface area (Å²) in [6.45, 7) is 6.09. The highest BCUT2D eigenvalue weighted by molar-refractivity contribution is 5.96. The van der Waals surface area contributed by atoms with Gasteiger partial charge in [0.15, 0.2) is 0 Å². The summed E-state index contributed by atoms with van der Waals surface area (Å²) in [5.74, 6) is 0.792. The molecule has 0 radical (unpaired) electrons. The number of hydrogen-bond donors (Lipinski definition) is 0. The molecule has 0 saturated carbocycles. The van der Waals surface area contributed by atoms with E-state index in [0.717, 1.165) is 51.3 Å². The van der Waals surface area contributed by atoms with Crippen molar-refractivity contribution in [3.05, 3.63) is 29.3 Å². The molecule has 3 rings (SSSR count). The van der Waals surface area contributed by atoms with Crippen molar-refractivity contribution in [2.45, 2.75) is 26.2 Å². The zero-order valence-corrected chi connectivity index (χ0v) is 13.7. The fourth-order valence-corrected chi connectivity index (χ4v) is 3.53. The van der Waals surface area contributed by atoms with Crippen molar-refractivity contribution < 1.29 is 9.53 Å². The van der Waals surface area contributed by atoms with Crippen LogP contribution in [-0.4, -0.2) is 50.7 Å². The Labute approximate surface area is 133 Å². The number of anilines is 1. The van der Waals surface area contributed by atoms with E-state index in [2.05, 4.69) is 30.0 Å². The first-order chi connectivity index (χ1) is 10.6. The van der Waals surface area contributed by atoms with Crippen molar-refractivity contribution in [3.8, 4) is 0 Å². The number of ether oxygens (including phenoxy) is 1. The van der Waals surface area contributed by atoms with Gasteiger partial charge in [-0.2, -0.15) is 0 Å². The van der Waals surface area contributed by atoms with Gasteiger partial charge in [-0.25, -0.2) is 0 Å². The van der Waals surface area contributed by atoms with Crippen molar-refractivity contribution in [2.24, 2.45) is 5.92 Å². The zero-order chi connectivity index (χ0) is 15.5. The molecule has 1 saturated heterocycles. The second kappa shape index (κ2) is 6.80. The van der Waals surface area contributed by atoms with E-state index >= 15 is 0 Å². The normalized spacial score (nSPS) is 21.2. The second-order valence-corrected chi connectivity index (χ2v) is 6.71. The highest BCUT2D eigenvalue weighted by Gasteiger charge is 2.24. The van der Waals surface area contributed by atoms with Gasteiger partial charge in [-0.3, -0.25) is 9.69 Å². The number of likely N-dealkylation sites (N-methyl/N-ethyl adjacent to an activating group) is 1. The smallest absolute Gasteiger partial charge is 0.241 e. The maximum atomic E-state index is 12.7. The minimum Gasteiger partial charge on any atom is -0.381 e. The Kier molecular flexibility index (Phi) is 4.79. The first-order valence-electron chi connectivity index (χ1n) is 8.29. The Morgan fingerprint density at radius 3 is 3.09 bits per heavy atom. The lowest BCUT2D eigenvalue weighted by Crippen LogP contribution is -2.42. The van der Waals surface area contributed by atoms with Crippen molar-refractivity contribution in [3.63, 3.8) is 0 Å². The van der Waals surface area contributed by atoms with Gasteiger partial charge in [-0.05, 0) is 50.8 Å². The molecule has 0 bridgehead atoms. The van der Waals surface area contributed by atoms with E-state index in [-0.39, 0.29) is 5.91 Å². The predicted octanol–water partition coefficient (Wildman–Crippen LogP) is 2.24. The highest BCUT2D eigenvalue weighted by Crippen LogP contribution is 2.28. The van der Waals surface area contributed by atoms with Gasteiger partial charge >= 0.3 is 0 Å². The summed E-state index contributed by atoms with van der Waals surface area (Å²) in [6, 6.07) is 6.42. The Hall–Kier alpha value is -1.39. The van der Waals surface area contributed by atoms with Gasteiger partial charge in [0.25, 0.3) is 0 Å². The third kappa shape index (κ3) is 3.50. The standard InChI is InChI=1S/C18H26N2O2/c1-14-5-6-17-16(10-14)4-3-8-20(17)18(21)12-19(2)11-15-7-9-22-13-15/h5-6,10,15H,3-4,7-9,11-13H2,1-2H3. The number of hydrogen-bond acceptors (Lipinski definition) is 3. The Bertz CT molecular complexity index is 538. The minimum absolute atomic E-state index is 0.214. The molecule has 1 amide bonds. The van der Waals surface area contributed by atoms with Crippen LogP contribution in [0.3, 0.4) is 0 Å². The second-order valence-electron chi connectivity index (χ2n) is 6.71. The molecule has 2 aliphatic heterocycles. The third-order valence-electron chi connectivity index (χ3n) is 4.65. The molecule has 1 atom stereocenters. The quantitative estimate of drug-likeness (QED) is 0.855. The molecule has 4 nitrogen and oxygen atoms in total. The number of carbonyl (C=O) groups excluding carboxylic acids is 1. The minimum atomic E-state index is 0.214. The van der Waals surface area contributed by atoms with Gasteiger partial charge in [0.2, 0.25) is 5.91 Å². The van der Waals surface area contributed by atoms with Crippen LogP contribution in [-0.2, 0) is 16.0 Å². The molecule has 2 heterocycles. The first-order valence-corrected chi connectivity index (χ1v) is 8.29. The van der Waals surface area contributed by atoms with Crippen LogP contribution in [0.15, 0.2) is 18.2 Å². The Morgan fingerprint density at radius 2 is 2.32 bits per heavy atom. The van der Waals surface area contributed by atoms with Gasteiger partial charge < -0.3 is 9.64 Å². The highest BCUT2D eigenvalue weighted by atomic mass is 16.5. The number of nitrogens with zero attached hydrogens (tertiary/aromatic N) is 2. The van der Waals surface area contributed by atoms with Gasteiger partial charge in [-0.15, -0.1) is 0 Å². The van der Waals surface area contributed by atoms with Gasteiger partial charge in [0.05, 0.1) is 13.2 Å². The van der Waals surface area contributed by atoms with E-state index in [9.17, 15) is 4.79 Å². The number of rotatable bonds is 4. The molecule has 4 heteroatoms. The first kappa shape index (κ1) is 15.5. The summed E-state index contributed by atoms with van der Waals surface area (Å²) in [6.07, 6.45) is 3.25. The average Bonchev–Trinajstić information content (AvgIpc) is 2.98. The predicted molar refractivity (Wildman–Crippen MR) is 88.3 cm³/mol. The van der Waals surface area contributed by atoms with Crippen LogP contribution >= 0.6 is 0 Å². The SMILES string of the molecule is Cc1ccc2c(c1)CCCN2C(=O)CN(C)CC1CCOC1. The molecule has 0 spiro atoms. The molecule has 1 aromatic carbocycles. The fourth-order valence-electron chi connectivity index (χ4n) is 3.53. The fraction of sp³-hybridized carbons (Fsp3) is 0.611. The number of benzene rings is 1. The van der Waals surface area contributed by atoms with Gasteiger partial charge in [0, 0.05) is 25.4 Å².